The minimum absolute atomic E-state index is 0.0169. The van der Waals surface area contributed by atoms with Crippen LogP contribution in [0.1, 0.15) is 30.7 Å². The molecule has 2 aliphatic heterocycles. The molecule has 0 bridgehead atoms. The van der Waals surface area contributed by atoms with E-state index in [1.165, 1.54) is 0 Å². The number of aryl methyl sites for hydroxylation is 1. The van der Waals surface area contributed by atoms with E-state index in [0.717, 1.165) is 69.0 Å². The highest BCUT2D eigenvalue weighted by Gasteiger charge is 2.24. The summed E-state index contributed by atoms with van der Waals surface area (Å²) in [6.07, 6.45) is 4.37. The van der Waals surface area contributed by atoms with Crippen molar-refractivity contribution in [3.8, 4) is 5.75 Å². The van der Waals surface area contributed by atoms with E-state index < -0.39 is 0 Å². The van der Waals surface area contributed by atoms with Crippen LogP contribution in [0.15, 0.2) is 29.1 Å². The van der Waals surface area contributed by atoms with Gasteiger partial charge in [-0.15, -0.1) is 0 Å². The first-order valence-electron chi connectivity index (χ1n) is 10.4. The molecule has 3 heterocycles. The third-order valence-electron chi connectivity index (χ3n) is 5.82. The predicted molar refractivity (Wildman–Crippen MR) is 109 cm³/mol. The van der Waals surface area contributed by atoms with Crippen molar-refractivity contribution in [3.05, 3.63) is 46.1 Å². The van der Waals surface area contributed by atoms with Gasteiger partial charge >= 0.3 is 5.69 Å². The summed E-state index contributed by atoms with van der Waals surface area (Å²) in [5.74, 6) is 1.75. The first kappa shape index (κ1) is 19.7. The van der Waals surface area contributed by atoms with Crippen molar-refractivity contribution in [3.63, 3.8) is 0 Å². The maximum Gasteiger partial charge on any atom is 0.345 e. The van der Waals surface area contributed by atoms with Crippen LogP contribution in [0.2, 0.25) is 0 Å². The van der Waals surface area contributed by atoms with Crippen LogP contribution in [0.3, 0.4) is 0 Å². The molecule has 1 saturated heterocycles. The SMILES string of the molecule is COc1ccc(CC(=O)NC2CCN(CCn3nc4n(c3=O)CCCC4)C2)cc1. The molecule has 1 amide bonds. The van der Waals surface area contributed by atoms with Crippen LogP contribution < -0.4 is 15.7 Å². The molecule has 8 nitrogen and oxygen atoms in total. The normalized spacial score (nSPS) is 19.1. The number of methoxy groups -OCH3 is 1. The lowest BCUT2D eigenvalue weighted by atomic mass is 10.1. The zero-order valence-electron chi connectivity index (χ0n) is 17.0. The molecule has 2 aromatic rings. The summed E-state index contributed by atoms with van der Waals surface area (Å²) in [6, 6.07) is 7.74. The minimum Gasteiger partial charge on any atom is -0.497 e. The van der Waals surface area contributed by atoms with Gasteiger partial charge in [-0.3, -0.25) is 14.3 Å². The predicted octanol–water partition coefficient (Wildman–Crippen LogP) is 0.823. The van der Waals surface area contributed by atoms with Crippen molar-refractivity contribution in [2.75, 3.05) is 26.7 Å². The van der Waals surface area contributed by atoms with Gasteiger partial charge in [-0.05, 0) is 37.0 Å². The molecule has 1 fully saturated rings. The molecule has 1 aromatic heterocycles. The maximum atomic E-state index is 12.4. The van der Waals surface area contributed by atoms with E-state index in [1.54, 1.807) is 11.8 Å². The summed E-state index contributed by atoms with van der Waals surface area (Å²) in [6.45, 7) is 3.92. The summed E-state index contributed by atoms with van der Waals surface area (Å²) in [5.41, 5.74) is 0.990. The number of nitrogens with zero attached hydrogens (tertiary/aromatic N) is 4. The Bertz CT molecular complexity index is 902. The van der Waals surface area contributed by atoms with Crippen molar-refractivity contribution >= 4 is 5.91 Å². The molecule has 1 aromatic carbocycles. The number of aromatic nitrogens is 3. The number of hydrogen-bond donors (Lipinski definition) is 1. The molecule has 1 N–H and O–H groups in total. The van der Waals surface area contributed by atoms with Crippen molar-refractivity contribution in [2.24, 2.45) is 0 Å². The van der Waals surface area contributed by atoms with Gasteiger partial charge in [-0.2, -0.15) is 5.10 Å². The number of fused-ring (bicyclic) bond motifs is 1. The summed E-state index contributed by atoms with van der Waals surface area (Å²) in [7, 11) is 1.63. The lowest BCUT2D eigenvalue weighted by Gasteiger charge is -2.16. The van der Waals surface area contributed by atoms with E-state index in [0.29, 0.717) is 13.0 Å². The molecule has 0 saturated carbocycles. The van der Waals surface area contributed by atoms with E-state index in [2.05, 4.69) is 15.3 Å². The first-order valence-corrected chi connectivity index (χ1v) is 10.4. The minimum atomic E-state index is 0.0169. The molecular formula is C21H29N5O3. The van der Waals surface area contributed by atoms with Gasteiger partial charge in [0.15, 0.2) is 0 Å². The van der Waals surface area contributed by atoms with Crippen molar-refractivity contribution < 1.29 is 9.53 Å². The van der Waals surface area contributed by atoms with Crippen LogP contribution >= 0.6 is 0 Å². The molecule has 8 heteroatoms. The molecule has 1 atom stereocenters. The zero-order valence-corrected chi connectivity index (χ0v) is 17.0. The van der Waals surface area contributed by atoms with E-state index in [9.17, 15) is 9.59 Å². The molecule has 0 spiro atoms. The molecule has 0 radical (unpaired) electrons. The van der Waals surface area contributed by atoms with Crippen molar-refractivity contribution in [1.82, 2.24) is 24.6 Å². The summed E-state index contributed by atoms with van der Waals surface area (Å²) >= 11 is 0. The number of nitrogens with one attached hydrogen (secondary N) is 1. The van der Waals surface area contributed by atoms with Gasteiger partial charge in [-0.1, -0.05) is 12.1 Å². The largest absolute Gasteiger partial charge is 0.497 e. The summed E-state index contributed by atoms with van der Waals surface area (Å²) in [4.78, 5) is 27.1. The monoisotopic (exact) mass is 399 g/mol. The van der Waals surface area contributed by atoms with Crippen molar-refractivity contribution in [2.45, 2.75) is 51.2 Å². The van der Waals surface area contributed by atoms with Crippen molar-refractivity contribution in [1.29, 1.82) is 0 Å². The number of likely N-dealkylation sites (tertiary alicyclic amines) is 1. The molecule has 1 unspecified atom stereocenters. The second-order valence-electron chi connectivity index (χ2n) is 7.91. The van der Waals surface area contributed by atoms with E-state index in [4.69, 9.17) is 4.74 Å². The Morgan fingerprint density at radius 3 is 2.79 bits per heavy atom. The highest BCUT2D eigenvalue weighted by molar-refractivity contribution is 5.78. The smallest absolute Gasteiger partial charge is 0.345 e. The van der Waals surface area contributed by atoms with Crippen LogP contribution in [0, 0.1) is 0 Å². The molecular weight excluding hydrogens is 370 g/mol. The number of rotatable bonds is 7. The van der Waals surface area contributed by atoms with E-state index in [-0.39, 0.29) is 17.6 Å². The Morgan fingerprint density at radius 2 is 2.03 bits per heavy atom. The van der Waals surface area contributed by atoms with Gasteiger partial charge in [0.1, 0.15) is 11.6 Å². The molecule has 156 valence electrons. The van der Waals surface area contributed by atoms with Gasteiger partial charge in [0.2, 0.25) is 5.91 Å². The third-order valence-corrected chi connectivity index (χ3v) is 5.82. The molecule has 2 aliphatic rings. The van der Waals surface area contributed by atoms with Crippen LogP contribution in [0.4, 0.5) is 0 Å². The van der Waals surface area contributed by atoms with Gasteiger partial charge in [0.25, 0.3) is 0 Å². The Balaban J connectivity index is 1.23. The molecule has 29 heavy (non-hydrogen) atoms. The van der Waals surface area contributed by atoms with E-state index >= 15 is 0 Å². The number of carbonyl (C=O) groups is 1. The van der Waals surface area contributed by atoms with Crippen LogP contribution in [-0.2, 0) is 30.7 Å². The molecule has 4 rings (SSSR count). The number of amides is 1. The number of hydrogen-bond acceptors (Lipinski definition) is 5. The topological polar surface area (TPSA) is 81.4 Å². The third kappa shape index (κ3) is 4.70. The van der Waals surface area contributed by atoms with Gasteiger partial charge in [0.05, 0.1) is 20.1 Å². The first-order chi connectivity index (χ1) is 14.1. The van der Waals surface area contributed by atoms with Crippen LogP contribution in [0.5, 0.6) is 5.75 Å². The highest BCUT2D eigenvalue weighted by Crippen LogP contribution is 2.13. The van der Waals surface area contributed by atoms with Crippen LogP contribution in [-0.4, -0.2) is 57.9 Å². The average molecular weight is 399 g/mol. The Hall–Kier alpha value is -2.61. The average Bonchev–Trinajstić information content (AvgIpc) is 3.31. The zero-order chi connectivity index (χ0) is 20.2. The summed E-state index contributed by atoms with van der Waals surface area (Å²) in [5, 5.41) is 7.63. The number of benzene rings is 1. The van der Waals surface area contributed by atoms with Gasteiger partial charge < -0.3 is 10.1 Å². The Kier molecular flexibility index (Phi) is 5.99. The lowest BCUT2D eigenvalue weighted by molar-refractivity contribution is -0.121. The number of carbonyl (C=O) groups excluding carboxylic acids is 1. The van der Waals surface area contributed by atoms with Gasteiger partial charge in [0, 0.05) is 38.6 Å². The maximum absolute atomic E-state index is 12.4. The fraction of sp³-hybridized carbons (Fsp3) is 0.571. The highest BCUT2D eigenvalue weighted by atomic mass is 16.5. The summed E-state index contributed by atoms with van der Waals surface area (Å²) < 4.78 is 8.57. The second kappa shape index (κ2) is 8.82. The lowest BCUT2D eigenvalue weighted by Crippen LogP contribution is -2.38. The fourth-order valence-corrected chi connectivity index (χ4v) is 4.19. The quantitative estimate of drug-likeness (QED) is 0.746. The Labute approximate surface area is 170 Å². The Morgan fingerprint density at radius 1 is 1.21 bits per heavy atom. The second-order valence-corrected chi connectivity index (χ2v) is 7.91. The molecule has 0 aliphatic carbocycles. The standard InChI is InChI=1S/C21H29N5O3/c1-29-18-7-5-16(6-8-18)14-20(27)22-17-9-11-24(15-17)12-13-26-21(28)25-10-3-2-4-19(25)23-26/h5-8,17H,2-4,9-15H2,1H3,(H,22,27). The van der Waals surface area contributed by atoms with E-state index in [1.807, 2.05) is 28.8 Å². The van der Waals surface area contributed by atoms with Crippen LogP contribution in [0.25, 0.3) is 0 Å². The number of ether oxygens (including phenoxy) is 1. The van der Waals surface area contributed by atoms with Gasteiger partial charge in [-0.25, -0.2) is 9.48 Å². The fourth-order valence-electron chi connectivity index (χ4n) is 4.19.